The SMILES string of the molecule is COc1ccc(CCS(=O)(=O)Cc2ccc(CC(=O)N3CCOCC3)cc2)c(OC)c1. The van der Waals surface area contributed by atoms with Crippen LogP contribution in [0.2, 0.25) is 0 Å². The van der Waals surface area contributed by atoms with Gasteiger partial charge in [0.2, 0.25) is 5.91 Å². The lowest BCUT2D eigenvalue weighted by Crippen LogP contribution is -2.41. The van der Waals surface area contributed by atoms with Crippen LogP contribution in [0.15, 0.2) is 42.5 Å². The molecule has 0 unspecified atom stereocenters. The topological polar surface area (TPSA) is 82.1 Å². The van der Waals surface area contributed by atoms with Gasteiger partial charge in [0.05, 0.1) is 45.4 Å². The first kappa shape index (κ1) is 23.1. The summed E-state index contributed by atoms with van der Waals surface area (Å²) in [5, 5.41) is 0. The van der Waals surface area contributed by atoms with E-state index in [-0.39, 0.29) is 17.4 Å². The molecule has 1 amide bonds. The third-order valence-electron chi connectivity index (χ3n) is 5.31. The van der Waals surface area contributed by atoms with Crippen LogP contribution in [0.4, 0.5) is 0 Å². The molecule has 0 N–H and O–H groups in total. The molecule has 7 nitrogen and oxygen atoms in total. The highest BCUT2D eigenvalue weighted by atomic mass is 32.2. The Hall–Kier alpha value is -2.58. The van der Waals surface area contributed by atoms with E-state index in [9.17, 15) is 13.2 Å². The van der Waals surface area contributed by atoms with Gasteiger partial charge >= 0.3 is 0 Å². The van der Waals surface area contributed by atoms with E-state index in [4.69, 9.17) is 14.2 Å². The van der Waals surface area contributed by atoms with Gasteiger partial charge in [-0.3, -0.25) is 4.79 Å². The molecule has 0 aromatic heterocycles. The second kappa shape index (κ2) is 10.6. The first-order valence-corrected chi connectivity index (χ1v) is 12.1. The predicted octanol–water partition coefficient (Wildman–Crippen LogP) is 2.26. The molecular weight excluding hydrogens is 418 g/mol. The van der Waals surface area contributed by atoms with Crippen molar-refractivity contribution in [2.24, 2.45) is 0 Å². The molecule has 2 aromatic rings. The molecule has 0 radical (unpaired) electrons. The molecule has 1 saturated heterocycles. The van der Waals surface area contributed by atoms with Crippen LogP contribution in [0.1, 0.15) is 16.7 Å². The first-order valence-electron chi connectivity index (χ1n) is 10.2. The van der Waals surface area contributed by atoms with Crippen LogP contribution in [-0.2, 0) is 38.0 Å². The Bertz CT molecular complexity index is 982. The average molecular weight is 448 g/mol. The van der Waals surface area contributed by atoms with Crippen molar-refractivity contribution in [2.75, 3.05) is 46.3 Å². The van der Waals surface area contributed by atoms with Crippen LogP contribution in [0.3, 0.4) is 0 Å². The van der Waals surface area contributed by atoms with Gasteiger partial charge in [-0.05, 0) is 29.2 Å². The third-order valence-corrected chi connectivity index (χ3v) is 6.90. The lowest BCUT2D eigenvalue weighted by Gasteiger charge is -2.26. The van der Waals surface area contributed by atoms with E-state index in [1.807, 2.05) is 18.2 Å². The van der Waals surface area contributed by atoms with Gasteiger partial charge in [-0.2, -0.15) is 0 Å². The zero-order chi connectivity index (χ0) is 22.3. The van der Waals surface area contributed by atoms with Crippen molar-refractivity contribution in [3.05, 3.63) is 59.2 Å². The molecule has 1 aliphatic heterocycles. The van der Waals surface area contributed by atoms with E-state index >= 15 is 0 Å². The summed E-state index contributed by atoms with van der Waals surface area (Å²) in [6, 6.07) is 12.6. The van der Waals surface area contributed by atoms with Crippen molar-refractivity contribution in [3.8, 4) is 11.5 Å². The zero-order valence-corrected chi connectivity index (χ0v) is 18.8. The molecule has 1 heterocycles. The van der Waals surface area contributed by atoms with Crippen LogP contribution in [0.5, 0.6) is 11.5 Å². The van der Waals surface area contributed by atoms with Crippen LogP contribution in [0, 0.1) is 0 Å². The van der Waals surface area contributed by atoms with E-state index in [2.05, 4.69) is 0 Å². The predicted molar refractivity (Wildman–Crippen MR) is 118 cm³/mol. The van der Waals surface area contributed by atoms with Gasteiger partial charge in [-0.1, -0.05) is 30.3 Å². The summed E-state index contributed by atoms with van der Waals surface area (Å²) in [5.74, 6) is 1.33. The molecule has 8 heteroatoms. The van der Waals surface area contributed by atoms with Gasteiger partial charge in [-0.15, -0.1) is 0 Å². The summed E-state index contributed by atoms with van der Waals surface area (Å²) in [7, 11) is -0.177. The third kappa shape index (κ3) is 6.70. The summed E-state index contributed by atoms with van der Waals surface area (Å²) in [4.78, 5) is 14.2. The molecule has 0 atom stereocenters. The molecule has 0 bridgehead atoms. The van der Waals surface area contributed by atoms with Gasteiger partial charge < -0.3 is 19.1 Å². The number of carbonyl (C=O) groups excluding carboxylic acids is 1. The second-order valence-electron chi connectivity index (χ2n) is 7.51. The first-order chi connectivity index (χ1) is 14.9. The van der Waals surface area contributed by atoms with Crippen LogP contribution in [0.25, 0.3) is 0 Å². The van der Waals surface area contributed by atoms with Gasteiger partial charge in [0, 0.05) is 19.2 Å². The van der Waals surface area contributed by atoms with E-state index in [0.29, 0.717) is 56.2 Å². The van der Waals surface area contributed by atoms with Crippen molar-refractivity contribution in [1.29, 1.82) is 0 Å². The Balaban J connectivity index is 1.55. The standard InChI is InChI=1S/C23H29NO6S/c1-28-21-8-7-20(22(16-21)29-2)9-14-31(26,27)17-19-5-3-18(4-6-19)15-23(25)24-10-12-30-13-11-24/h3-8,16H,9-15,17H2,1-2H3. The summed E-state index contributed by atoms with van der Waals surface area (Å²) in [6.07, 6.45) is 0.673. The summed E-state index contributed by atoms with van der Waals surface area (Å²) in [6.45, 7) is 2.39. The largest absolute Gasteiger partial charge is 0.497 e. The Morgan fingerprint density at radius 2 is 1.68 bits per heavy atom. The molecular formula is C23H29NO6S. The molecule has 3 rings (SSSR count). The van der Waals surface area contributed by atoms with E-state index in [0.717, 1.165) is 11.1 Å². The molecule has 0 saturated carbocycles. The maximum atomic E-state index is 12.6. The smallest absolute Gasteiger partial charge is 0.227 e. The highest BCUT2D eigenvalue weighted by molar-refractivity contribution is 7.90. The van der Waals surface area contributed by atoms with Crippen LogP contribution < -0.4 is 9.47 Å². The number of sulfone groups is 1. The fourth-order valence-electron chi connectivity index (χ4n) is 3.50. The number of methoxy groups -OCH3 is 2. The van der Waals surface area contributed by atoms with Gasteiger partial charge in [-0.25, -0.2) is 8.42 Å². The van der Waals surface area contributed by atoms with Crippen molar-refractivity contribution in [3.63, 3.8) is 0 Å². The molecule has 0 aliphatic carbocycles. The summed E-state index contributed by atoms with van der Waals surface area (Å²) >= 11 is 0. The summed E-state index contributed by atoms with van der Waals surface area (Å²) < 4.78 is 41.0. The minimum Gasteiger partial charge on any atom is -0.497 e. The number of aryl methyl sites for hydroxylation is 1. The maximum absolute atomic E-state index is 12.6. The monoisotopic (exact) mass is 447 g/mol. The Labute approximate surface area is 183 Å². The summed E-state index contributed by atoms with van der Waals surface area (Å²) in [5.41, 5.74) is 2.41. The number of benzene rings is 2. The lowest BCUT2D eigenvalue weighted by atomic mass is 10.1. The molecule has 31 heavy (non-hydrogen) atoms. The number of nitrogens with zero attached hydrogens (tertiary/aromatic N) is 1. The van der Waals surface area contributed by atoms with E-state index < -0.39 is 9.84 Å². The van der Waals surface area contributed by atoms with Crippen LogP contribution in [-0.4, -0.2) is 65.5 Å². The van der Waals surface area contributed by atoms with Gasteiger partial charge in [0.1, 0.15) is 11.5 Å². The lowest BCUT2D eigenvalue weighted by molar-refractivity contribution is -0.134. The molecule has 1 aliphatic rings. The molecule has 0 spiro atoms. The Morgan fingerprint density at radius 1 is 1.00 bits per heavy atom. The molecule has 2 aromatic carbocycles. The molecule has 168 valence electrons. The molecule has 1 fully saturated rings. The van der Waals surface area contributed by atoms with Crippen molar-refractivity contribution >= 4 is 15.7 Å². The van der Waals surface area contributed by atoms with Gasteiger partial charge in [0.15, 0.2) is 9.84 Å². The number of amides is 1. The van der Waals surface area contributed by atoms with Crippen molar-refractivity contribution in [2.45, 2.75) is 18.6 Å². The maximum Gasteiger partial charge on any atom is 0.227 e. The average Bonchev–Trinajstić information content (AvgIpc) is 2.79. The fraction of sp³-hybridized carbons (Fsp3) is 0.435. The quantitative estimate of drug-likeness (QED) is 0.587. The fourth-order valence-corrected chi connectivity index (χ4v) is 4.88. The Kier molecular flexibility index (Phi) is 7.92. The second-order valence-corrected chi connectivity index (χ2v) is 9.69. The zero-order valence-electron chi connectivity index (χ0n) is 18.0. The van der Waals surface area contributed by atoms with E-state index in [1.54, 1.807) is 43.4 Å². The number of hydrogen-bond acceptors (Lipinski definition) is 6. The highest BCUT2D eigenvalue weighted by Gasteiger charge is 2.18. The van der Waals surface area contributed by atoms with Crippen LogP contribution >= 0.6 is 0 Å². The van der Waals surface area contributed by atoms with E-state index in [1.165, 1.54) is 0 Å². The van der Waals surface area contributed by atoms with Gasteiger partial charge in [0.25, 0.3) is 0 Å². The normalized spacial score (nSPS) is 14.3. The van der Waals surface area contributed by atoms with Crippen molar-refractivity contribution in [1.82, 2.24) is 4.90 Å². The minimum absolute atomic E-state index is 0.0208. The number of rotatable bonds is 9. The number of ether oxygens (including phenoxy) is 3. The minimum atomic E-state index is -3.30. The number of carbonyl (C=O) groups is 1. The number of morpholine rings is 1. The highest BCUT2D eigenvalue weighted by Crippen LogP contribution is 2.25. The Morgan fingerprint density at radius 3 is 2.32 bits per heavy atom. The van der Waals surface area contributed by atoms with Crippen molar-refractivity contribution < 1.29 is 27.4 Å². The number of hydrogen-bond donors (Lipinski definition) is 0.